The van der Waals surface area contributed by atoms with Gasteiger partial charge in [-0.3, -0.25) is 14.3 Å². The highest BCUT2D eigenvalue weighted by atomic mass is 32.1. The van der Waals surface area contributed by atoms with Gasteiger partial charge in [0.2, 0.25) is 0 Å². The van der Waals surface area contributed by atoms with E-state index in [0.717, 1.165) is 10.4 Å². The molecule has 3 aromatic heterocycles. The molecule has 0 spiro atoms. The summed E-state index contributed by atoms with van der Waals surface area (Å²) in [7, 11) is 0. The first-order valence-corrected chi connectivity index (χ1v) is 12.3. The van der Waals surface area contributed by atoms with Gasteiger partial charge in [-0.05, 0) is 46.7 Å². The van der Waals surface area contributed by atoms with Crippen LogP contribution in [0.5, 0.6) is 0 Å². The maximum absolute atomic E-state index is 13.3. The first-order chi connectivity index (χ1) is 16.7. The average molecular weight is 485 g/mol. The topological polar surface area (TPSA) is 76.0 Å². The predicted molar refractivity (Wildman–Crippen MR) is 138 cm³/mol. The number of benzene rings is 2. The van der Waals surface area contributed by atoms with Crippen molar-refractivity contribution in [2.45, 2.75) is 6.54 Å². The fourth-order valence-electron chi connectivity index (χ4n) is 3.51. The smallest absolute Gasteiger partial charge is 0.265 e. The molecule has 2 aromatic carbocycles. The average Bonchev–Trinajstić information content (AvgIpc) is 3.61. The molecule has 5 aromatic rings. The maximum Gasteiger partial charge on any atom is 0.265 e. The van der Waals surface area contributed by atoms with Crippen LogP contribution in [0.3, 0.4) is 0 Å². The second-order valence-corrected chi connectivity index (χ2v) is 9.41. The molecule has 0 atom stereocenters. The number of rotatable bonds is 7. The fourth-order valence-corrected chi connectivity index (χ4v) is 4.85. The standard InChI is InChI=1S/C26H20N4O2S2/c31-25(27-19-9-4-10-20(15-19)28-26(32)23-12-6-14-34-23)21-17-30(16-18-7-2-1-3-8-18)29-24(21)22-11-5-13-33-22/h1-15,17H,16H2,(H,27,31)(H,28,32). The lowest BCUT2D eigenvalue weighted by Crippen LogP contribution is -2.13. The van der Waals surface area contributed by atoms with Crippen molar-refractivity contribution in [3.63, 3.8) is 0 Å². The lowest BCUT2D eigenvalue weighted by atomic mass is 10.2. The van der Waals surface area contributed by atoms with Gasteiger partial charge in [0.25, 0.3) is 11.8 Å². The van der Waals surface area contributed by atoms with E-state index in [9.17, 15) is 9.59 Å². The highest BCUT2D eigenvalue weighted by Crippen LogP contribution is 2.28. The van der Waals surface area contributed by atoms with Crippen molar-refractivity contribution in [2.24, 2.45) is 0 Å². The Morgan fingerprint density at radius 2 is 1.53 bits per heavy atom. The van der Waals surface area contributed by atoms with Gasteiger partial charge in [-0.25, -0.2) is 0 Å². The van der Waals surface area contributed by atoms with Crippen LogP contribution < -0.4 is 10.6 Å². The number of hydrogen-bond donors (Lipinski definition) is 2. The Morgan fingerprint density at radius 3 is 2.24 bits per heavy atom. The zero-order valence-corrected chi connectivity index (χ0v) is 19.6. The maximum atomic E-state index is 13.3. The Balaban J connectivity index is 1.37. The Kier molecular flexibility index (Phi) is 6.33. The summed E-state index contributed by atoms with van der Waals surface area (Å²) in [4.78, 5) is 27.2. The first kappa shape index (κ1) is 21.8. The molecule has 8 heteroatoms. The summed E-state index contributed by atoms with van der Waals surface area (Å²) in [6, 6.07) is 24.6. The molecule has 0 unspecified atom stereocenters. The SMILES string of the molecule is O=C(Nc1cccc(NC(=O)c2cn(Cc3ccccc3)nc2-c2cccs2)c1)c1cccs1. The molecular formula is C26H20N4O2S2. The number of thiophene rings is 2. The number of nitrogens with zero attached hydrogens (tertiary/aromatic N) is 2. The van der Waals surface area contributed by atoms with Gasteiger partial charge < -0.3 is 10.6 Å². The van der Waals surface area contributed by atoms with Crippen LogP contribution in [0.25, 0.3) is 10.6 Å². The van der Waals surface area contributed by atoms with Crippen molar-refractivity contribution >= 4 is 45.9 Å². The molecule has 0 aliphatic rings. The Bertz CT molecular complexity index is 1410. The number of amides is 2. The third kappa shape index (κ3) is 4.98. The number of carbonyl (C=O) groups excluding carboxylic acids is 2. The Hall–Kier alpha value is -4.01. The summed E-state index contributed by atoms with van der Waals surface area (Å²) < 4.78 is 1.79. The Morgan fingerprint density at radius 1 is 0.794 bits per heavy atom. The van der Waals surface area contributed by atoms with E-state index in [-0.39, 0.29) is 11.8 Å². The first-order valence-electron chi connectivity index (χ1n) is 10.6. The van der Waals surface area contributed by atoms with Gasteiger partial charge in [0.1, 0.15) is 5.69 Å². The summed E-state index contributed by atoms with van der Waals surface area (Å²) in [6.45, 7) is 0.566. The van der Waals surface area contributed by atoms with E-state index < -0.39 is 0 Å². The zero-order valence-electron chi connectivity index (χ0n) is 18.0. The van der Waals surface area contributed by atoms with Gasteiger partial charge in [-0.1, -0.05) is 48.5 Å². The van der Waals surface area contributed by atoms with Gasteiger partial charge in [0.05, 0.1) is 21.9 Å². The van der Waals surface area contributed by atoms with Crippen molar-refractivity contribution in [2.75, 3.05) is 10.6 Å². The van der Waals surface area contributed by atoms with E-state index in [0.29, 0.717) is 34.1 Å². The fraction of sp³-hybridized carbons (Fsp3) is 0.0385. The molecule has 0 bridgehead atoms. The van der Waals surface area contributed by atoms with E-state index in [2.05, 4.69) is 10.6 Å². The number of aromatic nitrogens is 2. The Labute approximate surface area is 204 Å². The molecule has 0 fully saturated rings. The number of hydrogen-bond acceptors (Lipinski definition) is 5. The lowest BCUT2D eigenvalue weighted by molar-refractivity contribution is 0.102. The van der Waals surface area contributed by atoms with E-state index in [4.69, 9.17) is 5.10 Å². The molecule has 0 saturated carbocycles. The largest absolute Gasteiger partial charge is 0.322 e. The predicted octanol–water partition coefficient (Wildman–Crippen LogP) is 6.23. The quantitative estimate of drug-likeness (QED) is 0.288. The third-order valence-electron chi connectivity index (χ3n) is 5.07. The molecule has 2 N–H and O–H groups in total. The summed E-state index contributed by atoms with van der Waals surface area (Å²) in [6.07, 6.45) is 1.78. The van der Waals surface area contributed by atoms with Crippen LogP contribution in [0.4, 0.5) is 11.4 Å². The summed E-state index contributed by atoms with van der Waals surface area (Å²) in [5, 5.41) is 14.3. The van der Waals surface area contributed by atoms with Crippen LogP contribution >= 0.6 is 22.7 Å². The van der Waals surface area contributed by atoms with Gasteiger partial charge in [-0.15, -0.1) is 22.7 Å². The molecule has 168 valence electrons. The van der Waals surface area contributed by atoms with E-state index in [1.807, 2.05) is 59.3 Å². The van der Waals surface area contributed by atoms with Crippen molar-refractivity contribution in [3.05, 3.63) is 112 Å². The number of nitrogens with one attached hydrogen (secondary N) is 2. The summed E-state index contributed by atoms with van der Waals surface area (Å²) in [5.74, 6) is -0.440. The molecule has 34 heavy (non-hydrogen) atoms. The lowest BCUT2D eigenvalue weighted by Gasteiger charge is -2.08. The normalized spacial score (nSPS) is 10.7. The van der Waals surface area contributed by atoms with Crippen LogP contribution in [0.15, 0.2) is 95.8 Å². The van der Waals surface area contributed by atoms with Gasteiger partial charge in [-0.2, -0.15) is 5.10 Å². The zero-order chi connectivity index (χ0) is 23.3. The second-order valence-electron chi connectivity index (χ2n) is 7.52. The van der Waals surface area contributed by atoms with Crippen molar-refractivity contribution in [1.29, 1.82) is 0 Å². The van der Waals surface area contributed by atoms with Gasteiger partial charge in [0, 0.05) is 17.6 Å². The van der Waals surface area contributed by atoms with E-state index in [1.54, 1.807) is 41.2 Å². The molecule has 5 rings (SSSR count). The van der Waals surface area contributed by atoms with Crippen molar-refractivity contribution < 1.29 is 9.59 Å². The van der Waals surface area contributed by atoms with Crippen molar-refractivity contribution in [3.8, 4) is 10.6 Å². The second kappa shape index (κ2) is 9.86. The highest BCUT2D eigenvalue weighted by Gasteiger charge is 2.19. The molecular weight excluding hydrogens is 464 g/mol. The molecule has 0 radical (unpaired) electrons. The van der Waals surface area contributed by atoms with Crippen molar-refractivity contribution in [1.82, 2.24) is 9.78 Å². The minimum Gasteiger partial charge on any atom is -0.322 e. The van der Waals surface area contributed by atoms with Crippen LogP contribution in [-0.4, -0.2) is 21.6 Å². The summed E-state index contributed by atoms with van der Waals surface area (Å²) in [5.41, 5.74) is 3.43. The molecule has 3 heterocycles. The molecule has 6 nitrogen and oxygen atoms in total. The highest BCUT2D eigenvalue weighted by molar-refractivity contribution is 7.13. The van der Waals surface area contributed by atoms with Crippen LogP contribution in [0.2, 0.25) is 0 Å². The summed E-state index contributed by atoms with van der Waals surface area (Å²) >= 11 is 2.91. The minimum atomic E-state index is -0.260. The van der Waals surface area contributed by atoms with E-state index >= 15 is 0 Å². The molecule has 2 amide bonds. The van der Waals surface area contributed by atoms with Crippen LogP contribution in [0.1, 0.15) is 25.6 Å². The third-order valence-corrected chi connectivity index (χ3v) is 6.82. The molecule has 0 aliphatic heterocycles. The van der Waals surface area contributed by atoms with Crippen LogP contribution in [0, 0.1) is 0 Å². The van der Waals surface area contributed by atoms with Gasteiger partial charge >= 0.3 is 0 Å². The van der Waals surface area contributed by atoms with Gasteiger partial charge in [0.15, 0.2) is 0 Å². The van der Waals surface area contributed by atoms with E-state index in [1.165, 1.54) is 22.7 Å². The van der Waals surface area contributed by atoms with Crippen LogP contribution in [-0.2, 0) is 6.54 Å². The number of carbonyl (C=O) groups is 2. The minimum absolute atomic E-state index is 0.180. The molecule has 0 aliphatic carbocycles. The molecule has 0 saturated heterocycles. The monoisotopic (exact) mass is 484 g/mol. The number of anilines is 2.